The Labute approximate surface area is 367 Å². The van der Waals surface area contributed by atoms with Gasteiger partial charge in [-0.3, -0.25) is 39.4 Å². The van der Waals surface area contributed by atoms with Gasteiger partial charge in [0.15, 0.2) is 5.78 Å². The van der Waals surface area contributed by atoms with Crippen molar-refractivity contribution in [1.29, 1.82) is 0 Å². The number of hydrogen-bond donors (Lipinski definition) is 4. The summed E-state index contributed by atoms with van der Waals surface area (Å²) in [6.45, 7) is 0.224. The number of unbranched alkanes of at least 4 members (excludes halogenated alkanes) is 1. The van der Waals surface area contributed by atoms with Crippen molar-refractivity contribution in [1.82, 2.24) is 15.5 Å². The van der Waals surface area contributed by atoms with Gasteiger partial charge in [0.05, 0.1) is 11.1 Å². The third-order valence-corrected chi connectivity index (χ3v) is 13.8. The van der Waals surface area contributed by atoms with Gasteiger partial charge in [-0.05, 0) is 97.0 Å². The minimum absolute atomic E-state index is 0.100. The zero-order valence-corrected chi connectivity index (χ0v) is 35.1. The van der Waals surface area contributed by atoms with Crippen LogP contribution in [0.1, 0.15) is 113 Å². The Balaban J connectivity index is 0.887. The Bertz CT molecular complexity index is 2640. The molecule has 1 aliphatic carbocycles. The third kappa shape index (κ3) is 6.96. The highest BCUT2D eigenvalue weighted by Gasteiger charge is 2.72. The van der Waals surface area contributed by atoms with Gasteiger partial charge in [0.25, 0.3) is 5.91 Å². The smallest absolute Gasteiger partial charge is 0.255 e. The molecule has 4 N–H and O–H groups in total. The zero-order chi connectivity index (χ0) is 43.3. The number of amides is 5. The maximum atomic E-state index is 16.2. The van der Waals surface area contributed by atoms with Gasteiger partial charge in [0.1, 0.15) is 17.3 Å². The molecule has 0 radical (unpaired) electrons. The summed E-state index contributed by atoms with van der Waals surface area (Å²) in [4.78, 5) is 81.1. The van der Waals surface area contributed by atoms with Crippen molar-refractivity contribution in [2.45, 2.75) is 99.7 Å². The molecule has 3 fully saturated rings. The molecule has 11 nitrogen and oxygen atoms in total. The van der Waals surface area contributed by atoms with E-state index in [-0.39, 0.29) is 59.9 Å². The first-order chi connectivity index (χ1) is 29.9. The van der Waals surface area contributed by atoms with E-state index in [1.165, 1.54) is 11.0 Å². The number of nitrogens with one attached hydrogen (secondary N) is 4. The van der Waals surface area contributed by atoms with Crippen molar-refractivity contribution in [2.24, 2.45) is 0 Å². The topological polar surface area (TPSA) is 154 Å². The van der Waals surface area contributed by atoms with Crippen LogP contribution in [0.25, 0.3) is 0 Å². The molecule has 1 saturated carbocycles. The van der Waals surface area contributed by atoms with Crippen LogP contribution in [0.3, 0.4) is 0 Å². The lowest BCUT2D eigenvalue weighted by molar-refractivity contribution is -0.137. The number of imide groups is 1. The van der Waals surface area contributed by atoms with Crippen molar-refractivity contribution in [3.63, 3.8) is 0 Å². The predicted molar refractivity (Wildman–Crippen MR) is 231 cm³/mol. The lowest BCUT2D eigenvalue weighted by atomic mass is 9.55. The number of benzene rings is 4. The summed E-state index contributed by atoms with van der Waals surface area (Å²) in [5, 5.41) is 12.3. The van der Waals surface area contributed by atoms with Crippen LogP contribution in [0.15, 0.2) is 78.9 Å². The van der Waals surface area contributed by atoms with Gasteiger partial charge < -0.3 is 15.5 Å². The van der Waals surface area contributed by atoms with E-state index in [1.807, 2.05) is 12.1 Å². The molecule has 4 aliphatic heterocycles. The van der Waals surface area contributed by atoms with Crippen LogP contribution < -0.4 is 21.3 Å². The second-order valence-corrected chi connectivity index (χ2v) is 17.6. The van der Waals surface area contributed by atoms with Gasteiger partial charge in [-0.2, -0.15) is 0 Å². The number of carbonyl (C=O) groups excluding carboxylic acids is 6. The lowest BCUT2D eigenvalue weighted by Gasteiger charge is -2.47. The van der Waals surface area contributed by atoms with Crippen molar-refractivity contribution in [2.75, 3.05) is 10.6 Å². The molecule has 9 rings (SSSR count). The van der Waals surface area contributed by atoms with Crippen molar-refractivity contribution in [3.8, 4) is 11.8 Å². The number of fused-ring (bicyclic) bond motifs is 4. The highest BCUT2D eigenvalue weighted by Crippen LogP contribution is 2.63. The molecular formula is C48H42Cl2FN5O6. The van der Waals surface area contributed by atoms with E-state index in [9.17, 15) is 28.8 Å². The average molecular weight is 875 g/mol. The maximum Gasteiger partial charge on any atom is 0.255 e. The van der Waals surface area contributed by atoms with Crippen LogP contribution in [0.4, 0.5) is 15.8 Å². The second-order valence-electron chi connectivity index (χ2n) is 16.7. The summed E-state index contributed by atoms with van der Waals surface area (Å²) in [7, 11) is 0. The maximum absolute atomic E-state index is 16.2. The molecule has 0 aromatic heterocycles. The van der Waals surface area contributed by atoms with Gasteiger partial charge in [0.2, 0.25) is 23.6 Å². The normalized spacial score (nSPS) is 23.4. The largest absolute Gasteiger partial charge is 0.325 e. The van der Waals surface area contributed by atoms with Gasteiger partial charge in [-0.1, -0.05) is 78.6 Å². The van der Waals surface area contributed by atoms with Gasteiger partial charge >= 0.3 is 0 Å². The Morgan fingerprint density at radius 1 is 0.919 bits per heavy atom. The summed E-state index contributed by atoms with van der Waals surface area (Å²) in [6.07, 6.45) is 5.37. The number of hydrogen-bond acceptors (Lipinski definition) is 7. The van der Waals surface area contributed by atoms with Crippen molar-refractivity contribution in [3.05, 3.63) is 128 Å². The molecule has 0 bridgehead atoms. The summed E-state index contributed by atoms with van der Waals surface area (Å²) in [6, 6.07) is 20.0. The molecule has 4 atom stereocenters. The Hall–Kier alpha value is -5.87. The molecular weight excluding hydrogens is 832 g/mol. The van der Waals surface area contributed by atoms with Crippen LogP contribution in [0.5, 0.6) is 0 Å². The summed E-state index contributed by atoms with van der Waals surface area (Å²) < 4.78 is 16.2. The molecule has 316 valence electrons. The minimum Gasteiger partial charge on any atom is -0.325 e. The molecule has 5 aliphatic rings. The molecule has 2 spiro atoms. The van der Waals surface area contributed by atoms with E-state index < -0.39 is 46.6 Å². The summed E-state index contributed by atoms with van der Waals surface area (Å²) >= 11 is 12.8. The van der Waals surface area contributed by atoms with Crippen LogP contribution in [-0.2, 0) is 31.1 Å². The van der Waals surface area contributed by atoms with Crippen LogP contribution in [0, 0.1) is 17.7 Å². The van der Waals surface area contributed by atoms with Gasteiger partial charge in [-0.15, -0.1) is 0 Å². The van der Waals surface area contributed by atoms with Gasteiger partial charge in [0, 0.05) is 70.4 Å². The Morgan fingerprint density at radius 3 is 2.47 bits per heavy atom. The zero-order valence-electron chi connectivity index (χ0n) is 33.5. The first-order valence-corrected chi connectivity index (χ1v) is 21.7. The average Bonchev–Trinajstić information content (AvgIpc) is 3.85. The molecule has 4 aromatic rings. The fourth-order valence-electron chi connectivity index (χ4n) is 10.5. The monoisotopic (exact) mass is 873 g/mol. The van der Waals surface area contributed by atoms with Crippen molar-refractivity contribution >= 4 is 69.9 Å². The quantitative estimate of drug-likeness (QED) is 0.0616. The van der Waals surface area contributed by atoms with Crippen LogP contribution >= 0.6 is 23.2 Å². The number of halogens is 3. The number of nitrogens with zero attached hydrogens (tertiary/aromatic N) is 1. The van der Waals surface area contributed by atoms with Crippen molar-refractivity contribution < 1.29 is 33.2 Å². The molecule has 1 unspecified atom stereocenters. The molecule has 5 amide bonds. The van der Waals surface area contributed by atoms with Crippen LogP contribution in [-0.4, -0.2) is 57.8 Å². The predicted octanol–water partition coefficient (Wildman–Crippen LogP) is 7.59. The Morgan fingerprint density at radius 2 is 1.69 bits per heavy atom. The highest BCUT2D eigenvalue weighted by molar-refractivity contribution is 6.31. The van der Waals surface area contributed by atoms with E-state index in [4.69, 9.17) is 23.2 Å². The lowest BCUT2D eigenvalue weighted by Crippen LogP contribution is -2.60. The number of anilines is 2. The number of carbonyl (C=O) groups is 6. The van der Waals surface area contributed by atoms with E-state index in [0.717, 1.165) is 24.8 Å². The molecule has 14 heteroatoms. The minimum atomic E-state index is -1.36. The summed E-state index contributed by atoms with van der Waals surface area (Å²) in [5.74, 6) is 2.63. The van der Waals surface area contributed by atoms with E-state index in [2.05, 4.69) is 33.1 Å². The SMILES string of the molecule is O=C1CCC(N2Cc3c(C#CCCCC(=O)c4ccc(NC(=O)[C@@H]5NC6(CCCCC6)[C@@]6(C(=O)Nc7cc(Cl)ccc76)[C@H]5c5cccc(Cl)c5F)cc4)cccc3C2=O)C(=O)N1. The fraction of sp³-hybridized carbons (Fsp3) is 0.333. The molecule has 4 heterocycles. The third-order valence-electron chi connectivity index (χ3n) is 13.3. The first-order valence-electron chi connectivity index (χ1n) is 20.9. The first kappa shape index (κ1) is 41.5. The molecule has 62 heavy (non-hydrogen) atoms. The number of piperidine rings is 1. The fourth-order valence-corrected chi connectivity index (χ4v) is 10.9. The van der Waals surface area contributed by atoms with E-state index in [0.29, 0.717) is 64.3 Å². The number of Topliss-reactive ketones (excluding diaryl/α,β-unsaturated/α-hetero) is 1. The number of rotatable bonds is 8. The second kappa shape index (κ2) is 16.4. The molecule has 4 aromatic carbocycles. The standard InChI is InChI=1S/C48H42Cl2FN5O6/c49-29-17-20-34-36(25-29)53-46(62)48(34)40(32-12-8-13-35(50)41(32)51)42(55-47(48)23-5-2-6-24-47)44(60)52-30-18-15-28(16-19-30)38(57)14-4-1-3-9-27-10-7-11-31-33(27)26-56(45(31)61)37-21-22-39(58)54-43(37)59/h7-8,10-13,15-20,25,37,40,42,55H,1-2,4-6,14,21-24,26H2,(H,52,60)(H,53,62)(H,54,58,59)/t37?,40-,42+,48+/m0/s1. The van der Waals surface area contributed by atoms with Gasteiger partial charge in [-0.25, -0.2) is 4.39 Å². The number of ketones is 1. The molecule has 2 saturated heterocycles. The van der Waals surface area contributed by atoms with Crippen LogP contribution in [0.2, 0.25) is 10.0 Å². The van der Waals surface area contributed by atoms with E-state index in [1.54, 1.807) is 60.7 Å². The van der Waals surface area contributed by atoms with E-state index >= 15 is 4.39 Å². The highest BCUT2D eigenvalue weighted by atomic mass is 35.5. The summed E-state index contributed by atoms with van der Waals surface area (Å²) in [5.41, 5.74) is 1.90. The Kier molecular flexibility index (Phi) is 11.0.